The number of aromatic nitrogens is 1. The van der Waals surface area contributed by atoms with Crippen molar-refractivity contribution in [3.8, 4) is 11.5 Å². The van der Waals surface area contributed by atoms with Crippen molar-refractivity contribution in [2.75, 3.05) is 52.3 Å². The minimum absolute atomic E-state index is 0.0928. The number of ether oxygens (including phenoxy) is 2. The van der Waals surface area contributed by atoms with Gasteiger partial charge in [0.2, 0.25) is 10.0 Å². The molecule has 5 rings (SSSR count). The van der Waals surface area contributed by atoms with Crippen LogP contribution >= 0.6 is 11.3 Å². The van der Waals surface area contributed by atoms with Gasteiger partial charge in [-0.3, -0.25) is 4.79 Å². The summed E-state index contributed by atoms with van der Waals surface area (Å²) in [5, 5.41) is 0.865. The van der Waals surface area contributed by atoms with E-state index >= 15 is 0 Å². The maximum Gasteiger partial charge on any atom is 0.253 e. The molecule has 1 aromatic heterocycles. The molecule has 2 aromatic carbocycles. The predicted octanol–water partition coefficient (Wildman–Crippen LogP) is 3.06. The second kappa shape index (κ2) is 9.29. The molecule has 1 saturated heterocycles. The third-order valence-corrected chi connectivity index (χ3v) is 9.63. The third kappa shape index (κ3) is 4.43. The second-order valence-electron chi connectivity index (χ2n) is 8.70. The third-order valence-electron chi connectivity index (χ3n) is 6.58. The van der Waals surface area contributed by atoms with Crippen LogP contribution in [0.5, 0.6) is 11.5 Å². The molecule has 0 bridgehead atoms. The fourth-order valence-electron chi connectivity index (χ4n) is 4.26. The monoisotopic (exact) mass is 516 g/mol. The highest BCUT2D eigenvalue weighted by atomic mass is 32.2. The topological polar surface area (TPSA) is 92.3 Å². The van der Waals surface area contributed by atoms with Crippen LogP contribution in [0.1, 0.15) is 23.2 Å². The van der Waals surface area contributed by atoms with Gasteiger partial charge in [-0.05, 0) is 49.2 Å². The number of fused-ring (bicyclic) bond motifs is 1. The van der Waals surface area contributed by atoms with Crippen LogP contribution in [0, 0.1) is 0 Å². The Bertz CT molecular complexity index is 1300. The lowest BCUT2D eigenvalue weighted by molar-refractivity contribution is 0.0746. The fraction of sp³-hybridized carbons (Fsp3) is 0.417. The van der Waals surface area contributed by atoms with Crippen LogP contribution in [0.4, 0.5) is 5.13 Å². The average Bonchev–Trinajstić information content (AvgIpc) is 3.64. The molecule has 9 nitrogen and oxygen atoms in total. The number of carbonyl (C=O) groups is 1. The summed E-state index contributed by atoms with van der Waals surface area (Å²) >= 11 is 1.55. The van der Waals surface area contributed by atoms with Gasteiger partial charge in [0.25, 0.3) is 5.91 Å². The molecular weight excluding hydrogens is 488 g/mol. The number of sulfonamides is 1. The van der Waals surface area contributed by atoms with Gasteiger partial charge in [-0.2, -0.15) is 4.31 Å². The number of thiazole rings is 1. The molecule has 2 heterocycles. The van der Waals surface area contributed by atoms with E-state index in [2.05, 4.69) is 4.90 Å². The number of rotatable bonds is 7. The SMILES string of the molecule is COc1ccc(OC)c2sc(N3CCN(C(=O)c4ccc(S(=O)(=O)N(C)C5CC5)cc4)CC3)nc12. The summed E-state index contributed by atoms with van der Waals surface area (Å²) in [5.41, 5.74) is 1.26. The van der Waals surface area contributed by atoms with E-state index in [0.29, 0.717) is 37.5 Å². The Morgan fingerprint density at radius 1 is 1.00 bits per heavy atom. The fourth-order valence-corrected chi connectivity index (χ4v) is 6.81. The second-order valence-corrected chi connectivity index (χ2v) is 11.7. The molecule has 35 heavy (non-hydrogen) atoms. The summed E-state index contributed by atoms with van der Waals surface area (Å²) in [7, 11) is 1.35. The van der Waals surface area contributed by atoms with Crippen molar-refractivity contribution in [2.24, 2.45) is 0 Å². The lowest BCUT2D eigenvalue weighted by Crippen LogP contribution is -2.48. The van der Waals surface area contributed by atoms with Crippen LogP contribution in [-0.2, 0) is 10.0 Å². The van der Waals surface area contributed by atoms with Gasteiger partial charge in [-0.25, -0.2) is 13.4 Å². The zero-order chi connectivity index (χ0) is 24.7. The Kier molecular flexibility index (Phi) is 6.32. The van der Waals surface area contributed by atoms with Gasteiger partial charge in [0, 0.05) is 44.8 Å². The van der Waals surface area contributed by atoms with E-state index in [1.54, 1.807) is 49.6 Å². The van der Waals surface area contributed by atoms with Gasteiger partial charge in [0.1, 0.15) is 21.7 Å². The number of nitrogens with zero attached hydrogens (tertiary/aromatic N) is 4. The number of hydrogen-bond acceptors (Lipinski definition) is 8. The Balaban J connectivity index is 1.26. The number of benzene rings is 2. The van der Waals surface area contributed by atoms with E-state index in [4.69, 9.17) is 14.5 Å². The molecule has 1 aliphatic heterocycles. The van der Waals surface area contributed by atoms with Gasteiger partial charge in [-0.15, -0.1) is 0 Å². The largest absolute Gasteiger partial charge is 0.495 e. The van der Waals surface area contributed by atoms with Crippen LogP contribution in [0.15, 0.2) is 41.3 Å². The van der Waals surface area contributed by atoms with Crippen LogP contribution in [0.25, 0.3) is 10.2 Å². The number of amides is 1. The molecule has 1 aliphatic carbocycles. The number of anilines is 1. The smallest absolute Gasteiger partial charge is 0.253 e. The van der Waals surface area contributed by atoms with Crippen molar-refractivity contribution < 1.29 is 22.7 Å². The molecule has 0 atom stereocenters. The van der Waals surface area contributed by atoms with E-state index in [0.717, 1.165) is 33.9 Å². The molecule has 3 aromatic rings. The molecule has 0 unspecified atom stereocenters. The Morgan fingerprint density at radius 3 is 2.23 bits per heavy atom. The predicted molar refractivity (Wildman–Crippen MR) is 135 cm³/mol. The molecule has 1 amide bonds. The first-order valence-corrected chi connectivity index (χ1v) is 13.7. The number of hydrogen-bond donors (Lipinski definition) is 0. The van der Waals surface area contributed by atoms with Gasteiger partial charge >= 0.3 is 0 Å². The number of piperazine rings is 1. The Labute approximate surface area is 208 Å². The summed E-state index contributed by atoms with van der Waals surface area (Å²) in [6, 6.07) is 10.1. The van der Waals surface area contributed by atoms with Crippen molar-refractivity contribution in [3.05, 3.63) is 42.0 Å². The highest BCUT2D eigenvalue weighted by Crippen LogP contribution is 2.40. The van der Waals surface area contributed by atoms with Crippen molar-refractivity contribution in [1.29, 1.82) is 0 Å². The van der Waals surface area contributed by atoms with E-state index < -0.39 is 10.0 Å². The number of methoxy groups -OCH3 is 2. The number of carbonyl (C=O) groups excluding carboxylic acids is 1. The van der Waals surface area contributed by atoms with Crippen molar-refractivity contribution in [3.63, 3.8) is 0 Å². The molecule has 0 N–H and O–H groups in total. The minimum atomic E-state index is -3.52. The Morgan fingerprint density at radius 2 is 1.63 bits per heavy atom. The molecule has 1 saturated carbocycles. The standard InChI is InChI=1S/C24H28N4O5S2/c1-26(17-6-7-17)35(30,31)18-8-4-16(5-9-18)23(29)27-12-14-28(15-13-27)24-25-21-19(32-2)10-11-20(33-3)22(21)34-24/h4-5,8-11,17H,6-7,12-15H2,1-3H3. The first kappa shape index (κ1) is 23.8. The molecule has 11 heteroatoms. The first-order valence-electron chi connectivity index (χ1n) is 11.5. The summed E-state index contributed by atoms with van der Waals surface area (Å²) in [6.45, 7) is 2.39. The van der Waals surface area contributed by atoms with Crippen LogP contribution in [-0.4, -0.2) is 82.0 Å². The summed E-state index contributed by atoms with van der Waals surface area (Å²) in [4.78, 5) is 22.0. The lowest BCUT2D eigenvalue weighted by Gasteiger charge is -2.34. The normalized spacial score (nSPS) is 16.7. The van der Waals surface area contributed by atoms with Crippen LogP contribution < -0.4 is 14.4 Å². The summed E-state index contributed by atoms with van der Waals surface area (Å²) < 4.78 is 38.7. The van der Waals surface area contributed by atoms with Crippen LogP contribution in [0.3, 0.4) is 0 Å². The average molecular weight is 517 g/mol. The highest BCUT2D eigenvalue weighted by Gasteiger charge is 2.35. The van der Waals surface area contributed by atoms with Crippen LogP contribution in [0.2, 0.25) is 0 Å². The Hall–Kier alpha value is -2.89. The maximum absolute atomic E-state index is 13.1. The van der Waals surface area contributed by atoms with Crippen molar-refractivity contribution >= 4 is 42.6 Å². The van der Waals surface area contributed by atoms with E-state index in [-0.39, 0.29) is 16.8 Å². The van der Waals surface area contributed by atoms with E-state index in [9.17, 15) is 13.2 Å². The maximum atomic E-state index is 13.1. The zero-order valence-electron chi connectivity index (χ0n) is 19.9. The summed E-state index contributed by atoms with van der Waals surface area (Å²) in [6.07, 6.45) is 1.80. The van der Waals surface area contributed by atoms with Crippen molar-refractivity contribution in [1.82, 2.24) is 14.2 Å². The van der Waals surface area contributed by atoms with Gasteiger partial charge in [-0.1, -0.05) is 11.3 Å². The first-order chi connectivity index (χ1) is 16.8. The molecule has 0 radical (unpaired) electrons. The van der Waals surface area contributed by atoms with Gasteiger partial charge < -0.3 is 19.3 Å². The molecule has 2 aliphatic rings. The van der Waals surface area contributed by atoms with Gasteiger partial charge in [0.15, 0.2) is 5.13 Å². The molecule has 186 valence electrons. The molecule has 0 spiro atoms. The van der Waals surface area contributed by atoms with Gasteiger partial charge in [0.05, 0.1) is 19.1 Å². The van der Waals surface area contributed by atoms with E-state index in [1.807, 2.05) is 12.1 Å². The zero-order valence-corrected chi connectivity index (χ0v) is 21.6. The molecule has 2 fully saturated rings. The highest BCUT2D eigenvalue weighted by molar-refractivity contribution is 7.89. The molecular formula is C24H28N4O5S2. The minimum Gasteiger partial charge on any atom is -0.495 e. The summed E-state index contributed by atoms with van der Waals surface area (Å²) in [5.74, 6) is 1.36. The lowest BCUT2D eigenvalue weighted by atomic mass is 10.2. The van der Waals surface area contributed by atoms with E-state index in [1.165, 1.54) is 16.4 Å². The van der Waals surface area contributed by atoms with Crippen molar-refractivity contribution in [2.45, 2.75) is 23.8 Å². The quantitative estimate of drug-likeness (QED) is 0.477.